The van der Waals surface area contributed by atoms with Gasteiger partial charge in [-0.25, -0.2) is 9.97 Å². The zero-order chi connectivity index (χ0) is 21.1. The Morgan fingerprint density at radius 3 is 2.60 bits per heavy atom. The van der Waals surface area contributed by atoms with Crippen molar-refractivity contribution >= 4 is 33.0 Å². The van der Waals surface area contributed by atoms with Crippen molar-refractivity contribution < 1.29 is 17.7 Å². The predicted octanol–water partition coefficient (Wildman–Crippen LogP) is 5.30. The number of aryl methyl sites for hydroxylation is 1. The third kappa shape index (κ3) is 4.65. The number of nitrogens with zero attached hydrogens (tertiary/aromatic N) is 2. The molecule has 7 nitrogen and oxygen atoms in total. The van der Waals surface area contributed by atoms with Gasteiger partial charge in [-0.3, -0.25) is 4.55 Å². The Morgan fingerprint density at radius 2 is 1.83 bits per heavy atom. The molecule has 0 aliphatic rings. The largest absolute Gasteiger partial charge is 0.444 e. The molecule has 2 aromatic carbocycles. The Bertz CT molecular complexity index is 1290. The quantitative estimate of drug-likeness (QED) is 0.393. The summed E-state index contributed by atoms with van der Waals surface area (Å²) < 4.78 is 38.0. The topological polar surface area (TPSA) is 101 Å². The van der Waals surface area contributed by atoms with Crippen LogP contribution in [0.5, 0.6) is 10.8 Å². The van der Waals surface area contributed by atoms with Gasteiger partial charge >= 0.3 is 0 Å². The first-order valence-electron chi connectivity index (χ1n) is 8.90. The van der Waals surface area contributed by atoms with E-state index in [4.69, 9.17) is 4.74 Å². The van der Waals surface area contributed by atoms with Gasteiger partial charge in [-0.05, 0) is 31.2 Å². The minimum atomic E-state index is -4.29. The molecule has 0 saturated heterocycles. The van der Waals surface area contributed by atoms with Crippen molar-refractivity contribution in [3.8, 4) is 22.1 Å². The number of benzene rings is 2. The molecule has 2 aromatic heterocycles. The van der Waals surface area contributed by atoms with Crippen LogP contribution in [-0.2, 0) is 10.1 Å². The minimum absolute atomic E-state index is 0.201. The van der Waals surface area contributed by atoms with Crippen molar-refractivity contribution in [1.29, 1.82) is 0 Å². The van der Waals surface area contributed by atoms with Gasteiger partial charge < -0.3 is 10.1 Å². The smallest absolute Gasteiger partial charge is 0.294 e. The van der Waals surface area contributed by atoms with E-state index in [2.05, 4.69) is 15.3 Å². The molecule has 30 heavy (non-hydrogen) atoms. The number of aromatic nitrogens is 2. The molecule has 4 rings (SSSR count). The molecule has 0 aliphatic heterocycles. The minimum Gasteiger partial charge on any atom is -0.444 e. The predicted molar refractivity (Wildman–Crippen MR) is 116 cm³/mol. The lowest BCUT2D eigenvalue weighted by molar-refractivity contribution is 0.483. The van der Waals surface area contributed by atoms with Gasteiger partial charge in [0.2, 0.25) is 5.06 Å². The van der Waals surface area contributed by atoms with E-state index >= 15 is 0 Å². The summed E-state index contributed by atoms with van der Waals surface area (Å²) in [5.41, 5.74) is 2.20. The van der Waals surface area contributed by atoms with Crippen molar-refractivity contribution in [2.75, 3.05) is 5.32 Å². The number of hydrogen-bond acceptors (Lipinski definition) is 7. The lowest BCUT2D eigenvalue weighted by Gasteiger charge is -2.09. The highest BCUT2D eigenvalue weighted by Gasteiger charge is 2.14. The van der Waals surface area contributed by atoms with Crippen LogP contribution in [0.2, 0.25) is 0 Å². The van der Waals surface area contributed by atoms with Crippen molar-refractivity contribution in [2.24, 2.45) is 0 Å². The molecule has 0 amide bonds. The Kier molecular flexibility index (Phi) is 5.49. The molecule has 4 aromatic rings. The van der Waals surface area contributed by atoms with Crippen LogP contribution >= 0.6 is 11.3 Å². The van der Waals surface area contributed by atoms with Crippen LogP contribution in [0.15, 0.2) is 77.8 Å². The highest BCUT2D eigenvalue weighted by Crippen LogP contribution is 2.38. The highest BCUT2D eigenvalue weighted by atomic mass is 32.2. The summed E-state index contributed by atoms with van der Waals surface area (Å²) in [6.45, 7) is 1.92. The van der Waals surface area contributed by atoms with E-state index < -0.39 is 10.1 Å². The van der Waals surface area contributed by atoms with Crippen LogP contribution in [0.25, 0.3) is 11.3 Å². The van der Waals surface area contributed by atoms with Gasteiger partial charge in [0.15, 0.2) is 0 Å². The number of pyridine rings is 1. The number of nitrogens with one attached hydrogen (secondary N) is 1. The summed E-state index contributed by atoms with van der Waals surface area (Å²) in [7, 11) is -4.29. The zero-order valence-electron chi connectivity index (χ0n) is 15.8. The second kappa shape index (κ2) is 8.23. The normalized spacial score (nSPS) is 11.3. The van der Waals surface area contributed by atoms with Crippen LogP contribution in [0.4, 0.5) is 11.5 Å². The molecule has 2 N–H and O–H groups in total. The first kappa shape index (κ1) is 20.0. The number of anilines is 2. The Labute approximate surface area is 177 Å². The Hall–Kier alpha value is -3.27. The molecule has 0 radical (unpaired) electrons. The average Bonchev–Trinajstić information content (AvgIpc) is 3.08. The van der Waals surface area contributed by atoms with E-state index in [-0.39, 0.29) is 4.90 Å². The lowest BCUT2D eigenvalue weighted by Crippen LogP contribution is -2.00. The molecule has 0 aliphatic carbocycles. The number of ether oxygens (including phenoxy) is 1. The van der Waals surface area contributed by atoms with Crippen LogP contribution in [0.1, 0.15) is 5.01 Å². The zero-order valence-corrected chi connectivity index (χ0v) is 17.4. The van der Waals surface area contributed by atoms with E-state index in [0.29, 0.717) is 22.3 Å². The molecular formula is C21H17N3O4S2. The summed E-state index contributed by atoms with van der Waals surface area (Å²) in [6.07, 6.45) is 1.58. The maximum absolute atomic E-state index is 11.3. The first-order valence-corrected chi connectivity index (χ1v) is 11.2. The standard InChI is InChI=1S/C21H17N3O4S2/c1-14-23-20(15-6-3-2-4-7-15)21(29-14)28-17-10-11-22-19(13-17)24-16-8-5-9-18(12-16)30(25,26)27/h2-13H,1H3,(H,22,24)(H,25,26,27). The first-order chi connectivity index (χ1) is 14.4. The molecule has 0 saturated carbocycles. The number of rotatable bonds is 6. The van der Waals surface area contributed by atoms with Gasteiger partial charge in [-0.1, -0.05) is 47.7 Å². The van der Waals surface area contributed by atoms with E-state index in [1.807, 2.05) is 37.3 Å². The summed E-state index contributed by atoms with van der Waals surface area (Å²) in [5.74, 6) is 1.02. The number of thiazole rings is 1. The maximum atomic E-state index is 11.3. The van der Waals surface area contributed by atoms with Gasteiger partial charge in [0, 0.05) is 23.5 Å². The molecule has 0 fully saturated rings. The molecule has 0 bridgehead atoms. The molecule has 2 heterocycles. The van der Waals surface area contributed by atoms with Crippen LogP contribution < -0.4 is 10.1 Å². The SMILES string of the molecule is Cc1nc(-c2ccccc2)c(Oc2ccnc(Nc3cccc(S(=O)(=O)O)c3)c2)s1. The third-order valence-corrected chi connectivity index (χ3v) is 5.79. The van der Waals surface area contributed by atoms with Gasteiger partial charge in [0.05, 0.1) is 9.90 Å². The fraction of sp³-hybridized carbons (Fsp3) is 0.0476. The van der Waals surface area contributed by atoms with Gasteiger partial charge in [0.1, 0.15) is 17.3 Å². The van der Waals surface area contributed by atoms with Gasteiger partial charge in [-0.2, -0.15) is 8.42 Å². The van der Waals surface area contributed by atoms with Crippen molar-refractivity contribution in [3.63, 3.8) is 0 Å². The second-order valence-electron chi connectivity index (χ2n) is 6.34. The van der Waals surface area contributed by atoms with E-state index in [1.165, 1.54) is 29.5 Å². The van der Waals surface area contributed by atoms with E-state index in [1.54, 1.807) is 24.4 Å². The Morgan fingerprint density at radius 1 is 1.03 bits per heavy atom. The van der Waals surface area contributed by atoms with Gasteiger partial charge in [-0.15, -0.1) is 0 Å². The summed E-state index contributed by atoms with van der Waals surface area (Å²) in [6, 6.07) is 19.0. The molecule has 0 unspecified atom stereocenters. The van der Waals surface area contributed by atoms with E-state index in [0.717, 1.165) is 16.3 Å². The molecule has 0 atom stereocenters. The van der Waals surface area contributed by atoms with Crippen LogP contribution in [0, 0.1) is 6.92 Å². The maximum Gasteiger partial charge on any atom is 0.294 e. The summed E-state index contributed by atoms with van der Waals surface area (Å²) in [5, 5.41) is 4.57. The summed E-state index contributed by atoms with van der Waals surface area (Å²) >= 11 is 1.45. The van der Waals surface area contributed by atoms with Crippen molar-refractivity contribution in [3.05, 3.63) is 77.9 Å². The molecule has 0 spiro atoms. The molecular weight excluding hydrogens is 422 g/mol. The Balaban J connectivity index is 1.59. The second-order valence-corrected chi connectivity index (χ2v) is 8.93. The molecule has 152 valence electrons. The van der Waals surface area contributed by atoms with Crippen molar-refractivity contribution in [1.82, 2.24) is 9.97 Å². The fourth-order valence-electron chi connectivity index (χ4n) is 2.79. The highest BCUT2D eigenvalue weighted by molar-refractivity contribution is 7.85. The molecule has 9 heteroatoms. The summed E-state index contributed by atoms with van der Waals surface area (Å²) in [4.78, 5) is 8.62. The number of hydrogen-bond donors (Lipinski definition) is 2. The fourth-order valence-corrected chi connectivity index (χ4v) is 4.12. The monoisotopic (exact) mass is 439 g/mol. The van der Waals surface area contributed by atoms with Gasteiger partial charge in [0.25, 0.3) is 10.1 Å². The average molecular weight is 440 g/mol. The van der Waals surface area contributed by atoms with E-state index in [9.17, 15) is 13.0 Å². The third-order valence-electron chi connectivity index (χ3n) is 4.10. The van der Waals surface area contributed by atoms with Crippen molar-refractivity contribution in [2.45, 2.75) is 11.8 Å². The van der Waals surface area contributed by atoms with Crippen LogP contribution in [-0.4, -0.2) is 22.9 Å². The lowest BCUT2D eigenvalue weighted by atomic mass is 10.2. The van der Waals surface area contributed by atoms with Crippen LogP contribution in [0.3, 0.4) is 0 Å².